The predicted octanol–water partition coefficient (Wildman–Crippen LogP) is 3.18. The molecule has 2 aromatic rings. The molecule has 0 spiro atoms. The van der Waals surface area contributed by atoms with E-state index in [4.69, 9.17) is 11.6 Å². The van der Waals surface area contributed by atoms with E-state index in [2.05, 4.69) is 27.2 Å². The molecule has 0 fully saturated rings. The van der Waals surface area contributed by atoms with Gasteiger partial charge in [-0.05, 0) is 36.9 Å². The molecule has 0 bridgehead atoms. The highest BCUT2D eigenvalue weighted by atomic mass is 35.5. The zero-order valence-electron chi connectivity index (χ0n) is 10.6. The normalized spacial score (nSPS) is 10.6. The quantitative estimate of drug-likeness (QED) is 0.655. The van der Waals surface area contributed by atoms with Crippen molar-refractivity contribution in [2.45, 2.75) is 30.1 Å². The first kappa shape index (κ1) is 14.2. The molecule has 100 valence electrons. The van der Waals surface area contributed by atoms with Gasteiger partial charge in [0.2, 0.25) is 0 Å². The zero-order chi connectivity index (χ0) is 13.5. The van der Waals surface area contributed by atoms with E-state index in [0.717, 1.165) is 30.1 Å². The summed E-state index contributed by atoms with van der Waals surface area (Å²) in [4.78, 5) is 12.8. The molecule has 0 aliphatic heterocycles. The molecule has 6 heteroatoms. The Labute approximate surface area is 122 Å². The first-order valence-corrected chi connectivity index (χ1v) is 7.29. The summed E-state index contributed by atoms with van der Waals surface area (Å²) in [5.41, 5.74) is 1.07. The van der Waals surface area contributed by atoms with Crippen LogP contribution in [0.2, 0.25) is 5.02 Å². The summed E-state index contributed by atoms with van der Waals surface area (Å²) < 4.78 is 0. The molecule has 0 radical (unpaired) electrons. The fraction of sp³-hybridized carbons (Fsp3) is 0.308. The Morgan fingerprint density at radius 1 is 1.26 bits per heavy atom. The molecule has 2 rings (SSSR count). The van der Waals surface area contributed by atoms with Gasteiger partial charge in [0.25, 0.3) is 0 Å². The molecule has 0 saturated carbocycles. The lowest BCUT2D eigenvalue weighted by atomic mass is 10.3. The molecule has 2 heterocycles. The largest absolute Gasteiger partial charge is 0.313 e. The van der Waals surface area contributed by atoms with Crippen molar-refractivity contribution in [1.29, 1.82) is 0 Å². The number of rotatable bonds is 6. The Morgan fingerprint density at radius 3 is 2.74 bits per heavy atom. The van der Waals surface area contributed by atoms with E-state index >= 15 is 0 Å². The van der Waals surface area contributed by atoms with Crippen LogP contribution in [-0.4, -0.2) is 21.5 Å². The molecule has 2 aromatic heterocycles. The molecular weight excluding hydrogens is 280 g/mol. The second-order valence-corrected chi connectivity index (χ2v) is 5.31. The molecule has 0 aliphatic rings. The van der Waals surface area contributed by atoms with Crippen LogP contribution in [0.25, 0.3) is 0 Å². The van der Waals surface area contributed by atoms with Crippen LogP contribution in [0.4, 0.5) is 0 Å². The van der Waals surface area contributed by atoms with Crippen LogP contribution in [0.3, 0.4) is 0 Å². The van der Waals surface area contributed by atoms with E-state index in [1.807, 2.05) is 12.4 Å². The summed E-state index contributed by atoms with van der Waals surface area (Å²) in [5, 5.41) is 5.30. The predicted molar refractivity (Wildman–Crippen MR) is 77.4 cm³/mol. The van der Waals surface area contributed by atoms with Gasteiger partial charge in [-0.1, -0.05) is 18.5 Å². The molecule has 0 amide bonds. The van der Waals surface area contributed by atoms with Gasteiger partial charge < -0.3 is 5.32 Å². The average molecular weight is 295 g/mol. The summed E-state index contributed by atoms with van der Waals surface area (Å²) in [6.45, 7) is 3.93. The van der Waals surface area contributed by atoms with Crippen molar-refractivity contribution in [3.63, 3.8) is 0 Å². The Bertz CT molecular complexity index is 518. The number of pyridine rings is 1. The summed E-state index contributed by atoms with van der Waals surface area (Å²) >= 11 is 7.41. The molecule has 0 aliphatic carbocycles. The maximum Gasteiger partial charge on any atom is 0.193 e. The first-order chi connectivity index (χ1) is 9.29. The van der Waals surface area contributed by atoms with Crippen LogP contribution in [0.5, 0.6) is 0 Å². The van der Waals surface area contributed by atoms with Gasteiger partial charge in [-0.3, -0.25) is 0 Å². The highest BCUT2D eigenvalue weighted by Gasteiger charge is 2.05. The zero-order valence-corrected chi connectivity index (χ0v) is 12.2. The maximum absolute atomic E-state index is 6.04. The number of hydrogen-bond donors (Lipinski definition) is 1. The van der Waals surface area contributed by atoms with Gasteiger partial charge in [0.15, 0.2) is 5.16 Å². The summed E-state index contributed by atoms with van der Waals surface area (Å²) in [6, 6.07) is 3.61. The van der Waals surface area contributed by atoms with Crippen molar-refractivity contribution in [1.82, 2.24) is 20.3 Å². The van der Waals surface area contributed by atoms with Gasteiger partial charge >= 0.3 is 0 Å². The molecule has 0 saturated heterocycles. The average Bonchev–Trinajstić information content (AvgIpc) is 2.44. The second kappa shape index (κ2) is 7.43. The summed E-state index contributed by atoms with van der Waals surface area (Å²) in [7, 11) is 0. The van der Waals surface area contributed by atoms with Gasteiger partial charge in [-0.2, -0.15) is 0 Å². The van der Waals surface area contributed by atoms with E-state index in [0.29, 0.717) is 10.2 Å². The minimum Gasteiger partial charge on any atom is -0.313 e. The van der Waals surface area contributed by atoms with E-state index < -0.39 is 0 Å². The van der Waals surface area contributed by atoms with Crippen LogP contribution in [0.15, 0.2) is 40.9 Å². The smallest absolute Gasteiger partial charge is 0.193 e. The first-order valence-electron chi connectivity index (χ1n) is 6.09. The van der Waals surface area contributed by atoms with Gasteiger partial charge in [0, 0.05) is 30.7 Å². The number of aromatic nitrogens is 3. The van der Waals surface area contributed by atoms with Crippen LogP contribution in [-0.2, 0) is 6.54 Å². The molecule has 0 aromatic carbocycles. The third kappa shape index (κ3) is 4.45. The fourth-order valence-electron chi connectivity index (χ4n) is 1.43. The van der Waals surface area contributed by atoms with E-state index in [1.165, 1.54) is 11.8 Å². The molecule has 19 heavy (non-hydrogen) atoms. The van der Waals surface area contributed by atoms with Crippen LogP contribution < -0.4 is 5.32 Å². The minimum atomic E-state index is 0.616. The van der Waals surface area contributed by atoms with Crippen molar-refractivity contribution in [3.8, 4) is 0 Å². The maximum atomic E-state index is 6.04. The van der Waals surface area contributed by atoms with E-state index in [-0.39, 0.29) is 0 Å². The lowest BCUT2D eigenvalue weighted by Gasteiger charge is -2.04. The van der Waals surface area contributed by atoms with Crippen molar-refractivity contribution >= 4 is 23.4 Å². The highest BCUT2D eigenvalue weighted by molar-refractivity contribution is 7.99. The second-order valence-electron chi connectivity index (χ2n) is 3.94. The van der Waals surface area contributed by atoms with Crippen molar-refractivity contribution in [3.05, 3.63) is 41.3 Å². The minimum absolute atomic E-state index is 0.616. The monoisotopic (exact) mass is 294 g/mol. The lowest BCUT2D eigenvalue weighted by Crippen LogP contribution is -2.14. The Hall–Kier alpha value is -1.17. The van der Waals surface area contributed by atoms with E-state index in [1.54, 1.807) is 18.3 Å². The number of nitrogens with zero attached hydrogens (tertiary/aromatic N) is 3. The van der Waals surface area contributed by atoms with Crippen molar-refractivity contribution in [2.24, 2.45) is 0 Å². The molecular formula is C13H15ClN4S. The van der Waals surface area contributed by atoms with Crippen LogP contribution in [0.1, 0.15) is 18.9 Å². The highest BCUT2D eigenvalue weighted by Crippen LogP contribution is 2.28. The number of halogens is 1. The molecule has 0 unspecified atom stereocenters. The topological polar surface area (TPSA) is 50.7 Å². The Morgan fingerprint density at radius 2 is 2.05 bits per heavy atom. The fourth-order valence-corrected chi connectivity index (χ4v) is 2.33. The van der Waals surface area contributed by atoms with Crippen LogP contribution in [0, 0.1) is 0 Å². The summed E-state index contributed by atoms with van der Waals surface area (Å²) in [6.07, 6.45) is 6.48. The van der Waals surface area contributed by atoms with Crippen molar-refractivity contribution < 1.29 is 0 Å². The van der Waals surface area contributed by atoms with Gasteiger partial charge in [0.1, 0.15) is 5.03 Å². The third-order valence-corrected chi connectivity index (χ3v) is 3.68. The lowest BCUT2D eigenvalue weighted by molar-refractivity contribution is 0.669. The standard InChI is InChI=1S/C13H15ClN4S/c1-2-5-15-7-10-8-17-13(18-9-10)19-12-11(14)4-3-6-16-12/h3-4,6,8-9,15H,2,5,7H2,1H3. The molecule has 4 nitrogen and oxygen atoms in total. The van der Waals surface area contributed by atoms with Gasteiger partial charge in [0.05, 0.1) is 5.02 Å². The number of hydrogen-bond acceptors (Lipinski definition) is 5. The molecule has 0 atom stereocenters. The van der Waals surface area contributed by atoms with Gasteiger partial charge in [-0.25, -0.2) is 15.0 Å². The van der Waals surface area contributed by atoms with Crippen molar-refractivity contribution in [2.75, 3.05) is 6.54 Å². The molecule has 1 N–H and O–H groups in total. The van der Waals surface area contributed by atoms with Gasteiger partial charge in [-0.15, -0.1) is 0 Å². The Balaban J connectivity index is 1.97. The Kier molecular flexibility index (Phi) is 5.57. The summed E-state index contributed by atoms with van der Waals surface area (Å²) in [5.74, 6) is 0. The SMILES string of the molecule is CCCNCc1cnc(Sc2ncccc2Cl)nc1. The third-order valence-electron chi connectivity index (χ3n) is 2.35. The van der Waals surface area contributed by atoms with Crippen LogP contribution >= 0.6 is 23.4 Å². The number of nitrogens with one attached hydrogen (secondary N) is 1. The van der Waals surface area contributed by atoms with E-state index in [9.17, 15) is 0 Å².